The maximum atomic E-state index is 13.3. The molecule has 0 radical (unpaired) electrons. The highest BCUT2D eigenvalue weighted by Gasteiger charge is 2.85. The van der Waals surface area contributed by atoms with Gasteiger partial charge in [0.15, 0.2) is 5.78 Å². The van der Waals surface area contributed by atoms with E-state index in [1.54, 1.807) is 0 Å². The number of fused-ring (bicyclic) bond motifs is 2. The Morgan fingerprint density at radius 2 is 1.88 bits per heavy atom. The van der Waals surface area contributed by atoms with Crippen LogP contribution in [0, 0.1) is 34.0 Å². The van der Waals surface area contributed by atoms with E-state index in [9.17, 15) is 20.1 Å². The third-order valence-corrected chi connectivity index (χ3v) is 8.77. The zero-order valence-electron chi connectivity index (χ0n) is 15.0. The van der Waals surface area contributed by atoms with Gasteiger partial charge in [0.1, 0.15) is 11.5 Å². The number of ketones is 1. The average Bonchev–Trinajstić information content (AvgIpc) is 2.66. The molecule has 0 aromatic rings. The number of carbonyl (C=O) groups is 1. The first-order chi connectivity index (χ1) is 11.6. The fourth-order valence-electron chi connectivity index (χ4n) is 7.99. The van der Waals surface area contributed by atoms with Gasteiger partial charge in [-0.05, 0) is 42.6 Å². The van der Waals surface area contributed by atoms with Crippen LogP contribution in [0.5, 0.6) is 0 Å². The molecule has 6 rings (SSSR count). The molecule has 6 fully saturated rings. The molecule has 3 N–H and O–H groups in total. The van der Waals surface area contributed by atoms with Crippen LogP contribution in [0.1, 0.15) is 46.0 Å². The van der Waals surface area contributed by atoms with Crippen molar-refractivity contribution >= 4 is 5.78 Å². The maximum absolute atomic E-state index is 13.3. The van der Waals surface area contributed by atoms with E-state index >= 15 is 0 Å². The number of carbonyl (C=O) groups excluding carboxylic acids is 1. The molecule has 6 aliphatic rings. The van der Waals surface area contributed by atoms with Crippen LogP contribution >= 0.6 is 0 Å². The van der Waals surface area contributed by atoms with Gasteiger partial charge in [-0.25, -0.2) is 0 Å². The molecule has 4 saturated carbocycles. The van der Waals surface area contributed by atoms with Crippen LogP contribution < -0.4 is 0 Å². The van der Waals surface area contributed by atoms with Crippen molar-refractivity contribution in [3.8, 4) is 0 Å². The number of aliphatic hydroxyl groups is 3. The zero-order valence-corrected chi connectivity index (χ0v) is 15.0. The zero-order chi connectivity index (χ0) is 18.0. The summed E-state index contributed by atoms with van der Waals surface area (Å²) >= 11 is 0. The summed E-state index contributed by atoms with van der Waals surface area (Å²) in [4.78, 5) is 13.3. The second kappa shape index (κ2) is 4.38. The SMILES string of the molecule is C=C1C(=O)[C@]23C(O)[C@H]1CC[C@H]2C12CCCC(C)(C)[C@H]1[C@H](O)C3(O)OC2. The lowest BCUT2D eigenvalue weighted by Crippen LogP contribution is -2.83. The Labute approximate surface area is 148 Å². The Balaban J connectivity index is 1.79. The summed E-state index contributed by atoms with van der Waals surface area (Å²) in [7, 11) is 0. The van der Waals surface area contributed by atoms with Crippen LogP contribution in [-0.4, -0.2) is 45.7 Å². The first-order valence-corrected chi connectivity index (χ1v) is 9.61. The van der Waals surface area contributed by atoms with Gasteiger partial charge < -0.3 is 20.1 Å². The standard InChI is InChI=1S/C20H28O5/c1-10-11-5-6-12-18-8-4-7-17(2,3)13(18)16(23)20(24,25-9-18)19(12,14(10)21)15(11)22/h11-13,15-16,22-24H,1,4-9H2,2-3H3/t11-,12-,13+,15?,16-,18?,19-,20?/m0/s1. The van der Waals surface area contributed by atoms with Crippen molar-refractivity contribution in [2.24, 2.45) is 34.0 Å². The van der Waals surface area contributed by atoms with Crippen molar-refractivity contribution in [2.75, 3.05) is 6.61 Å². The quantitative estimate of drug-likeness (QED) is 0.576. The van der Waals surface area contributed by atoms with Gasteiger partial charge in [-0.1, -0.05) is 26.8 Å². The smallest absolute Gasteiger partial charge is 0.208 e. The van der Waals surface area contributed by atoms with Crippen LogP contribution in [0.2, 0.25) is 0 Å². The molecule has 5 nitrogen and oxygen atoms in total. The molecule has 4 aliphatic carbocycles. The van der Waals surface area contributed by atoms with E-state index in [0.717, 1.165) is 32.1 Å². The van der Waals surface area contributed by atoms with Gasteiger partial charge in [0.2, 0.25) is 5.79 Å². The third-order valence-electron chi connectivity index (χ3n) is 8.77. The molecule has 138 valence electrons. The molecule has 0 amide bonds. The van der Waals surface area contributed by atoms with E-state index < -0.39 is 23.4 Å². The maximum Gasteiger partial charge on any atom is 0.208 e. The summed E-state index contributed by atoms with van der Waals surface area (Å²) in [6, 6.07) is 0. The fraction of sp³-hybridized carbons (Fsp3) is 0.850. The number of aliphatic hydroxyl groups excluding tert-OH is 2. The molecular weight excluding hydrogens is 320 g/mol. The van der Waals surface area contributed by atoms with Gasteiger partial charge in [0, 0.05) is 17.3 Å². The van der Waals surface area contributed by atoms with Gasteiger partial charge in [-0.2, -0.15) is 0 Å². The summed E-state index contributed by atoms with van der Waals surface area (Å²) in [5.74, 6) is -2.92. The summed E-state index contributed by atoms with van der Waals surface area (Å²) in [6.07, 6.45) is 2.18. The lowest BCUT2D eigenvalue weighted by molar-refractivity contribution is -0.448. The molecule has 0 aromatic carbocycles. The van der Waals surface area contributed by atoms with Crippen molar-refractivity contribution in [1.82, 2.24) is 0 Å². The Morgan fingerprint density at radius 3 is 2.60 bits per heavy atom. The monoisotopic (exact) mass is 348 g/mol. The first-order valence-electron chi connectivity index (χ1n) is 9.61. The van der Waals surface area contributed by atoms with Crippen molar-refractivity contribution in [2.45, 2.75) is 63.9 Å². The Bertz CT molecular complexity index is 686. The van der Waals surface area contributed by atoms with Gasteiger partial charge in [0.05, 0.1) is 12.7 Å². The van der Waals surface area contributed by atoms with E-state index in [1.807, 2.05) is 0 Å². The van der Waals surface area contributed by atoms with Crippen molar-refractivity contribution < 1.29 is 24.9 Å². The molecule has 5 heteroatoms. The lowest BCUT2D eigenvalue weighted by atomic mass is 9.36. The second-order valence-corrected chi connectivity index (χ2v) is 9.89. The summed E-state index contributed by atoms with van der Waals surface area (Å²) < 4.78 is 5.89. The predicted molar refractivity (Wildman–Crippen MR) is 89.3 cm³/mol. The molecule has 2 aliphatic heterocycles. The van der Waals surface area contributed by atoms with E-state index in [0.29, 0.717) is 12.2 Å². The van der Waals surface area contributed by atoms with E-state index in [4.69, 9.17) is 4.74 Å². The molecule has 2 heterocycles. The van der Waals surface area contributed by atoms with Crippen LogP contribution in [0.4, 0.5) is 0 Å². The topological polar surface area (TPSA) is 87.0 Å². The average molecular weight is 348 g/mol. The number of hydrogen-bond acceptors (Lipinski definition) is 5. The van der Waals surface area contributed by atoms with E-state index in [-0.39, 0.29) is 34.4 Å². The number of Topliss-reactive ketones (excluding diaryl/α,β-unsaturated/α-hetero) is 1. The molecule has 8 atom stereocenters. The third kappa shape index (κ3) is 1.41. The summed E-state index contributed by atoms with van der Waals surface area (Å²) in [6.45, 7) is 8.58. The minimum absolute atomic E-state index is 0.131. The van der Waals surface area contributed by atoms with Crippen molar-refractivity contribution in [3.63, 3.8) is 0 Å². The highest BCUT2D eigenvalue weighted by molar-refractivity contribution is 6.05. The van der Waals surface area contributed by atoms with E-state index in [1.165, 1.54) is 0 Å². The van der Waals surface area contributed by atoms with Gasteiger partial charge >= 0.3 is 0 Å². The Hall–Kier alpha value is -0.750. The molecule has 3 unspecified atom stereocenters. The first kappa shape index (κ1) is 16.4. The normalized spacial score (nSPS) is 58.8. The number of hydrogen-bond donors (Lipinski definition) is 3. The highest BCUT2D eigenvalue weighted by Crippen LogP contribution is 2.76. The molecule has 2 saturated heterocycles. The molecule has 4 bridgehead atoms. The Kier molecular flexibility index (Phi) is 2.88. The summed E-state index contributed by atoms with van der Waals surface area (Å²) in [5.41, 5.74) is -1.56. The van der Waals surface area contributed by atoms with Crippen molar-refractivity contribution in [1.29, 1.82) is 0 Å². The minimum Gasteiger partial charge on any atom is -0.391 e. The van der Waals surface area contributed by atoms with Crippen LogP contribution in [-0.2, 0) is 9.53 Å². The molecule has 2 spiro atoms. The number of rotatable bonds is 0. The van der Waals surface area contributed by atoms with E-state index in [2.05, 4.69) is 20.4 Å². The molecule has 25 heavy (non-hydrogen) atoms. The largest absolute Gasteiger partial charge is 0.391 e. The molecule has 0 aromatic heterocycles. The van der Waals surface area contributed by atoms with Crippen LogP contribution in [0.25, 0.3) is 0 Å². The van der Waals surface area contributed by atoms with Gasteiger partial charge in [-0.15, -0.1) is 0 Å². The van der Waals surface area contributed by atoms with Crippen molar-refractivity contribution in [3.05, 3.63) is 12.2 Å². The molecular formula is C20H28O5. The number of ether oxygens (including phenoxy) is 1. The second-order valence-electron chi connectivity index (χ2n) is 9.89. The fourth-order valence-corrected chi connectivity index (χ4v) is 7.99. The van der Waals surface area contributed by atoms with Crippen LogP contribution in [0.3, 0.4) is 0 Å². The lowest BCUT2D eigenvalue weighted by Gasteiger charge is -2.73. The van der Waals surface area contributed by atoms with Gasteiger partial charge in [0.25, 0.3) is 0 Å². The minimum atomic E-state index is -2.02. The highest BCUT2D eigenvalue weighted by atomic mass is 16.6. The predicted octanol–water partition coefficient (Wildman–Crippen LogP) is 1.40. The van der Waals surface area contributed by atoms with Gasteiger partial charge in [-0.3, -0.25) is 4.79 Å². The Morgan fingerprint density at radius 1 is 1.16 bits per heavy atom. The van der Waals surface area contributed by atoms with Crippen LogP contribution in [0.15, 0.2) is 12.2 Å². The summed E-state index contributed by atoms with van der Waals surface area (Å²) in [5, 5.41) is 34.0.